The van der Waals surface area contributed by atoms with Gasteiger partial charge in [0.05, 0.1) is 0 Å². The fraction of sp³-hybridized carbons (Fsp3) is 0.154. The average Bonchev–Trinajstić information content (AvgIpc) is 2.39. The fourth-order valence-corrected chi connectivity index (χ4v) is 2.64. The Morgan fingerprint density at radius 1 is 1.12 bits per heavy atom. The van der Waals surface area contributed by atoms with Crippen molar-refractivity contribution in [1.29, 1.82) is 0 Å². The van der Waals surface area contributed by atoms with Gasteiger partial charge in [-0.05, 0) is 42.0 Å². The number of benzene rings is 1. The van der Waals surface area contributed by atoms with E-state index < -0.39 is 0 Å². The molecule has 0 bridgehead atoms. The van der Waals surface area contributed by atoms with Crippen LogP contribution < -0.4 is 5.73 Å². The highest BCUT2D eigenvalue weighted by molar-refractivity contribution is 7.99. The molecule has 1 aromatic carbocycles. The Hall–Kier alpha value is -1.03. The van der Waals surface area contributed by atoms with Crippen molar-refractivity contribution in [3.8, 4) is 0 Å². The van der Waals surface area contributed by atoms with Crippen molar-refractivity contribution in [2.45, 2.75) is 10.1 Å². The molecule has 1 aromatic heterocycles. The summed E-state index contributed by atoms with van der Waals surface area (Å²) in [5.41, 5.74) is 7.01. The van der Waals surface area contributed by atoms with Crippen LogP contribution in [0.2, 0.25) is 5.02 Å². The number of halogens is 1. The van der Waals surface area contributed by atoms with Crippen molar-refractivity contribution >= 4 is 23.4 Å². The van der Waals surface area contributed by atoms with E-state index in [0.29, 0.717) is 6.54 Å². The molecule has 2 rings (SSSR count). The van der Waals surface area contributed by atoms with Crippen molar-refractivity contribution in [1.82, 2.24) is 4.98 Å². The molecule has 17 heavy (non-hydrogen) atoms. The molecule has 0 amide bonds. The Morgan fingerprint density at radius 3 is 2.35 bits per heavy atom. The lowest BCUT2D eigenvalue weighted by molar-refractivity contribution is 0.937. The predicted octanol–water partition coefficient (Wildman–Crippen LogP) is 3.53. The second kappa shape index (κ2) is 6.05. The van der Waals surface area contributed by atoms with Crippen LogP contribution in [0.25, 0.3) is 0 Å². The van der Waals surface area contributed by atoms with E-state index >= 15 is 0 Å². The van der Waals surface area contributed by atoms with E-state index in [0.717, 1.165) is 5.02 Å². The van der Waals surface area contributed by atoms with Gasteiger partial charge < -0.3 is 5.73 Å². The molecule has 1 heterocycles. The van der Waals surface area contributed by atoms with Gasteiger partial charge in [-0.25, -0.2) is 0 Å². The van der Waals surface area contributed by atoms with Crippen molar-refractivity contribution in [3.63, 3.8) is 0 Å². The van der Waals surface area contributed by atoms with Gasteiger partial charge >= 0.3 is 0 Å². The lowest BCUT2D eigenvalue weighted by atomic mass is 10.2. The summed E-state index contributed by atoms with van der Waals surface area (Å²) in [6, 6.07) is 11.8. The summed E-state index contributed by atoms with van der Waals surface area (Å²) in [5.74, 6) is 0. The van der Waals surface area contributed by atoms with Crippen LogP contribution >= 0.6 is 23.4 Å². The number of nitrogens with two attached hydrogens (primary N) is 1. The SMILES string of the molecule is NCC(Sc1ccc(Cl)cc1)c1ccncc1. The number of thioether (sulfide) groups is 1. The quantitative estimate of drug-likeness (QED) is 0.859. The molecule has 0 aliphatic rings. The third kappa shape index (κ3) is 3.46. The van der Waals surface area contributed by atoms with Gasteiger partial charge in [0.2, 0.25) is 0 Å². The van der Waals surface area contributed by atoms with Crippen LogP contribution in [-0.4, -0.2) is 11.5 Å². The first-order chi connectivity index (χ1) is 8.29. The number of hydrogen-bond acceptors (Lipinski definition) is 3. The maximum atomic E-state index is 5.86. The predicted molar refractivity (Wildman–Crippen MR) is 73.3 cm³/mol. The van der Waals surface area contributed by atoms with Gasteiger partial charge in [0.25, 0.3) is 0 Å². The smallest absolute Gasteiger partial charge is 0.0467 e. The monoisotopic (exact) mass is 264 g/mol. The minimum Gasteiger partial charge on any atom is -0.329 e. The van der Waals surface area contributed by atoms with Gasteiger partial charge in [-0.2, -0.15) is 0 Å². The minimum absolute atomic E-state index is 0.249. The molecular weight excluding hydrogens is 252 g/mol. The molecule has 0 aliphatic heterocycles. The lowest BCUT2D eigenvalue weighted by Gasteiger charge is -2.14. The van der Waals surface area contributed by atoms with Gasteiger partial charge in [0.1, 0.15) is 0 Å². The van der Waals surface area contributed by atoms with Crippen LogP contribution in [0.3, 0.4) is 0 Å². The van der Waals surface area contributed by atoms with Crippen molar-refractivity contribution in [2.24, 2.45) is 5.73 Å². The normalized spacial score (nSPS) is 12.4. The van der Waals surface area contributed by atoms with E-state index in [1.165, 1.54) is 10.5 Å². The van der Waals surface area contributed by atoms with E-state index in [2.05, 4.69) is 4.98 Å². The molecule has 0 saturated carbocycles. The third-order valence-corrected chi connectivity index (χ3v) is 3.93. The summed E-state index contributed by atoms with van der Waals surface area (Å²) in [6.45, 7) is 0.595. The molecule has 0 fully saturated rings. The highest BCUT2D eigenvalue weighted by Gasteiger charge is 2.10. The van der Waals surface area contributed by atoms with Gasteiger partial charge in [-0.15, -0.1) is 11.8 Å². The summed E-state index contributed by atoms with van der Waals surface area (Å²) in [7, 11) is 0. The first kappa shape index (κ1) is 12.4. The Kier molecular flexibility index (Phi) is 4.42. The molecule has 1 atom stereocenters. The Bertz CT molecular complexity index is 459. The fourth-order valence-electron chi connectivity index (χ4n) is 1.51. The number of nitrogens with zero attached hydrogens (tertiary/aromatic N) is 1. The zero-order valence-corrected chi connectivity index (χ0v) is 10.8. The van der Waals surface area contributed by atoms with Crippen LogP contribution in [0.15, 0.2) is 53.7 Å². The topological polar surface area (TPSA) is 38.9 Å². The highest BCUT2D eigenvalue weighted by Crippen LogP contribution is 2.34. The Morgan fingerprint density at radius 2 is 1.76 bits per heavy atom. The molecule has 0 aliphatic carbocycles. The summed E-state index contributed by atoms with van der Waals surface area (Å²) >= 11 is 7.60. The van der Waals surface area contributed by atoms with Gasteiger partial charge in [-0.3, -0.25) is 4.98 Å². The zero-order valence-electron chi connectivity index (χ0n) is 9.21. The average molecular weight is 265 g/mol. The standard InChI is InChI=1S/C13H13ClN2S/c14-11-1-3-12(4-2-11)17-13(9-15)10-5-7-16-8-6-10/h1-8,13H,9,15H2. The molecule has 4 heteroatoms. The highest BCUT2D eigenvalue weighted by atomic mass is 35.5. The number of hydrogen-bond donors (Lipinski definition) is 1. The number of pyridine rings is 1. The molecule has 2 N–H and O–H groups in total. The summed E-state index contributed by atoms with van der Waals surface area (Å²) in [5, 5.41) is 1.00. The summed E-state index contributed by atoms with van der Waals surface area (Å²) in [4.78, 5) is 5.18. The first-order valence-electron chi connectivity index (χ1n) is 5.32. The summed E-state index contributed by atoms with van der Waals surface area (Å²) in [6.07, 6.45) is 3.58. The second-order valence-corrected chi connectivity index (χ2v) is 5.29. The van der Waals surface area contributed by atoms with E-state index in [1.807, 2.05) is 36.4 Å². The van der Waals surface area contributed by atoms with Crippen molar-refractivity contribution in [2.75, 3.05) is 6.54 Å². The largest absolute Gasteiger partial charge is 0.329 e. The van der Waals surface area contributed by atoms with Crippen molar-refractivity contribution in [3.05, 3.63) is 59.4 Å². The summed E-state index contributed by atoms with van der Waals surface area (Å²) < 4.78 is 0. The third-order valence-electron chi connectivity index (χ3n) is 2.38. The van der Waals surface area contributed by atoms with Gasteiger partial charge in [-0.1, -0.05) is 11.6 Å². The number of aromatic nitrogens is 1. The molecule has 2 aromatic rings. The molecule has 0 saturated heterocycles. The van der Waals surface area contributed by atoms with Crippen LogP contribution in [0, 0.1) is 0 Å². The molecular formula is C13H13ClN2S. The van der Waals surface area contributed by atoms with Crippen LogP contribution in [0.1, 0.15) is 10.8 Å². The van der Waals surface area contributed by atoms with Crippen molar-refractivity contribution < 1.29 is 0 Å². The zero-order chi connectivity index (χ0) is 12.1. The molecule has 1 unspecified atom stereocenters. The maximum Gasteiger partial charge on any atom is 0.0467 e. The van der Waals surface area contributed by atoms with Gasteiger partial charge in [0.15, 0.2) is 0 Å². The Labute approximate surface area is 110 Å². The second-order valence-electron chi connectivity index (χ2n) is 3.58. The first-order valence-corrected chi connectivity index (χ1v) is 6.57. The molecule has 88 valence electrons. The molecule has 2 nitrogen and oxygen atoms in total. The van der Waals surface area contributed by atoms with Crippen LogP contribution in [0.4, 0.5) is 0 Å². The maximum absolute atomic E-state index is 5.86. The lowest BCUT2D eigenvalue weighted by Crippen LogP contribution is -2.09. The van der Waals surface area contributed by atoms with E-state index in [-0.39, 0.29) is 5.25 Å². The van der Waals surface area contributed by atoms with Crippen LogP contribution in [-0.2, 0) is 0 Å². The molecule has 0 spiro atoms. The Balaban J connectivity index is 2.13. The van der Waals surface area contributed by atoms with E-state index in [4.69, 9.17) is 17.3 Å². The number of rotatable bonds is 4. The van der Waals surface area contributed by atoms with Gasteiger partial charge in [0, 0.05) is 34.1 Å². The van der Waals surface area contributed by atoms with E-state index in [1.54, 1.807) is 24.2 Å². The van der Waals surface area contributed by atoms with E-state index in [9.17, 15) is 0 Å². The minimum atomic E-state index is 0.249. The molecule has 0 radical (unpaired) electrons. The van der Waals surface area contributed by atoms with Crippen LogP contribution in [0.5, 0.6) is 0 Å².